The van der Waals surface area contributed by atoms with E-state index in [9.17, 15) is 0 Å². The molecule has 11 rings (SSSR count). The molecule has 0 atom stereocenters. The van der Waals surface area contributed by atoms with Crippen LogP contribution in [0.1, 0.15) is 175 Å². The molecule has 0 aliphatic heterocycles. The molecule has 428 valence electrons. The van der Waals surface area contributed by atoms with Crippen molar-refractivity contribution in [2.45, 2.75) is 141 Å². The van der Waals surface area contributed by atoms with E-state index in [4.69, 9.17) is 18.9 Å². The number of hydrogen-bond acceptors (Lipinski definition) is 7. The fraction of sp³-hybridized carbons (Fsp3) is 0.342. The van der Waals surface area contributed by atoms with Gasteiger partial charge in [0.1, 0.15) is 28.0 Å². The predicted octanol–water partition coefficient (Wildman–Crippen LogP) is 21.8. The molecule has 0 radical (unpaired) electrons. The van der Waals surface area contributed by atoms with Gasteiger partial charge in [-0.25, -0.2) is 0 Å². The van der Waals surface area contributed by atoms with Crippen LogP contribution in [0.4, 0.5) is 16.4 Å². The second-order valence-electron chi connectivity index (χ2n) is 22.7. The summed E-state index contributed by atoms with van der Waals surface area (Å²) >= 11 is 3.75. The van der Waals surface area contributed by atoms with Gasteiger partial charge < -0.3 is 23.8 Å². The molecule has 7 aromatic carbocycles. The zero-order valence-electron chi connectivity index (χ0n) is 49.4. The fourth-order valence-corrected chi connectivity index (χ4v) is 15.2. The Morgan fingerprint density at radius 3 is 1.05 bits per heavy atom. The first-order chi connectivity index (χ1) is 41.0. The van der Waals surface area contributed by atoms with Crippen LogP contribution in [0.15, 0.2) is 187 Å². The number of nitrogens with zero attached hydrogens (tertiary/aromatic N) is 1. The molecular formula is C76H83NO4S2. The Morgan fingerprint density at radius 1 is 0.337 bits per heavy atom. The van der Waals surface area contributed by atoms with Crippen molar-refractivity contribution in [2.75, 3.05) is 31.3 Å². The molecular weight excluding hydrogens is 1050 g/mol. The third-order valence-corrected chi connectivity index (χ3v) is 19.2. The predicted molar refractivity (Wildman–Crippen MR) is 350 cm³/mol. The summed E-state index contributed by atoms with van der Waals surface area (Å²) in [5.74, 6) is 3.62. The maximum atomic E-state index is 6.50. The Hall–Kier alpha value is -7.06. The first-order valence-corrected chi connectivity index (χ1v) is 33.0. The monoisotopic (exact) mass is 1140 g/mol. The van der Waals surface area contributed by atoms with E-state index in [2.05, 4.69) is 220 Å². The average Bonchev–Trinajstić information content (AvgIpc) is 1.78. The van der Waals surface area contributed by atoms with E-state index in [1.54, 1.807) is 0 Å². The van der Waals surface area contributed by atoms with Crippen molar-refractivity contribution in [3.63, 3.8) is 0 Å². The van der Waals surface area contributed by atoms with E-state index >= 15 is 0 Å². The van der Waals surface area contributed by atoms with Gasteiger partial charge in [-0.1, -0.05) is 190 Å². The van der Waals surface area contributed by atoms with Gasteiger partial charge in [0.15, 0.2) is 0 Å². The molecule has 5 nitrogen and oxygen atoms in total. The van der Waals surface area contributed by atoms with Gasteiger partial charge in [-0.15, -0.1) is 22.7 Å². The lowest BCUT2D eigenvalue weighted by Gasteiger charge is -2.35. The smallest absolute Gasteiger partial charge is 0.119 e. The second kappa shape index (κ2) is 27.6. The van der Waals surface area contributed by atoms with Crippen molar-refractivity contribution in [1.82, 2.24) is 0 Å². The Kier molecular flexibility index (Phi) is 19.2. The quantitative estimate of drug-likeness (QED) is 0.0405. The highest BCUT2D eigenvalue weighted by Crippen LogP contribution is 2.66. The normalized spacial score (nSPS) is 13.3. The highest BCUT2D eigenvalue weighted by molar-refractivity contribution is 7.20. The van der Waals surface area contributed by atoms with E-state index < -0.39 is 10.8 Å². The van der Waals surface area contributed by atoms with Crippen LogP contribution in [0.2, 0.25) is 0 Å². The summed E-state index contributed by atoms with van der Waals surface area (Å²) in [7, 11) is 0. The molecule has 0 N–H and O–H groups in total. The van der Waals surface area contributed by atoms with Crippen LogP contribution in [-0.4, -0.2) is 26.4 Å². The van der Waals surface area contributed by atoms with Crippen LogP contribution < -0.4 is 23.8 Å². The van der Waals surface area contributed by atoms with Crippen LogP contribution in [0, 0.1) is 0 Å². The van der Waals surface area contributed by atoms with Crippen molar-refractivity contribution in [3.8, 4) is 43.9 Å². The van der Waals surface area contributed by atoms with Crippen molar-refractivity contribution in [3.05, 3.63) is 232 Å². The second-order valence-corrected chi connectivity index (χ2v) is 24.6. The molecule has 0 spiro atoms. The summed E-state index contributed by atoms with van der Waals surface area (Å²) in [6.07, 6.45) is 18.6. The number of hydrogen-bond donors (Lipinski definition) is 0. The lowest BCUT2D eigenvalue weighted by Crippen LogP contribution is -2.30. The summed E-state index contributed by atoms with van der Waals surface area (Å²) in [6, 6.07) is 68.2. The zero-order valence-corrected chi connectivity index (χ0v) is 51.1. The van der Waals surface area contributed by atoms with Gasteiger partial charge in [0, 0.05) is 21.1 Å². The van der Waals surface area contributed by atoms with E-state index in [0.29, 0.717) is 13.2 Å². The summed E-state index contributed by atoms with van der Waals surface area (Å²) < 4.78 is 25.9. The highest BCUT2D eigenvalue weighted by atomic mass is 32.1. The van der Waals surface area contributed by atoms with Crippen LogP contribution in [0.3, 0.4) is 0 Å². The summed E-state index contributed by atoms with van der Waals surface area (Å²) in [6.45, 7) is 11.9. The third-order valence-electron chi connectivity index (χ3n) is 17.1. The Morgan fingerprint density at radius 2 is 0.687 bits per heavy atom. The Labute approximate surface area is 503 Å². The maximum absolute atomic E-state index is 6.50. The van der Waals surface area contributed by atoms with Gasteiger partial charge in [0.25, 0.3) is 0 Å². The number of anilines is 3. The van der Waals surface area contributed by atoms with Gasteiger partial charge in [-0.3, -0.25) is 0 Å². The summed E-state index contributed by atoms with van der Waals surface area (Å²) in [5, 5.41) is 3.46. The molecule has 0 bridgehead atoms. The van der Waals surface area contributed by atoms with Gasteiger partial charge in [0.2, 0.25) is 0 Å². The van der Waals surface area contributed by atoms with Crippen LogP contribution >= 0.6 is 22.7 Å². The van der Waals surface area contributed by atoms with Crippen molar-refractivity contribution in [2.24, 2.45) is 0 Å². The molecule has 2 heterocycles. The Balaban J connectivity index is 1.13. The highest BCUT2D eigenvalue weighted by Gasteiger charge is 2.53. The van der Waals surface area contributed by atoms with E-state index in [0.717, 1.165) is 78.3 Å². The minimum Gasteiger partial charge on any atom is -0.494 e. The fourth-order valence-electron chi connectivity index (χ4n) is 12.9. The maximum Gasteiger partial charge on any atom is 0.119 e. The number of ether oxygens (including phenoxy) is 4. The van der Waals surface area contributed by atoms with E-state index in [-0.39, 0.29) is 0 Å². The average molecular weight is 1140 g/mol. The molecule has 2 aromatic heterocycles. The topological polar surface area (TPSA) is 40.2 Å². The molecule has 0 amide bonds. The molecule has 0 saturated carbocycles. The molecule has 0 saturated heterocycles. The number of thiophene rings is 2. The molecule has 0 unspecified atom stereocenters. The number of fused-ring (bicyclic) bond motifs is 6. The lowest BCUT2D eigenvalue weighted by atomic mass is 9.66. The van der Waals surface area contributed by atoms with Crippen molar-refractivity contribution in [1.29, 1.82) is 0 Å². The molecule has 83 heavy (non-hydrogen) atoms. The molecule has 0 fully saturated rings. The van der Waals surface area contributed by atoms with Gasteiger partial charge >= 0.3 is 0 Å². The van der Waals surface area contributed by atoms with Crippen LogP contribution in [-0.2, 0) is 10.8 Å². The number of rotatable bonds is 31. The minimum atomic E-state index is -0.721. The lowest BCUT2D eigenvalue weighted by molar-refractivity contribution is 0.304. The first-order valence-electron chi connectivity index (χ1n) is 31.3. The van der Waals surface area contributed by atoms with E-state index in [1.165, 1.54) is 142 Å². The standard InChI is InChI=1S/C76H83NO4S2/c1-5-9-13-23-48-78-62-39-31-56(32-40-62)75(57-33-41-63(42-34-57)79-49-24-14-10-6-2)68-47-52-82-73(68)66-53-70-67(54-69(66)75)74-71(55-72(83-74)77(60-27-19-17-20-28-60)61-29-21-18-22-30-61)76(70,58-35-43-64(44-36-58)80-50-25-15-11-7-3)59-37-45-65(46-38-59)81-51-26-16-12-8-4/h17-22,27-47,52-55H,5-16,23-26,48-51H2,1-4H3. The SMILES string of the molecule is CCCCCCOc1ccc(C2(c3ccc(OCCCCCC)cc3)c3cc4c(cc3-c3sccc32)C(c2ccc(OCCCCCC)cc2)(c2ccc(OCCCCCC)cc2)c2cc(N(c3ccccc3)c3ccccc3)sc2-4)cc1. The van der Waals surface area contributed by atoms with Crippen molar-refractivity contribution >= 4 is 39.0 Å². The molecule has 9 aromatic rings. The van der Waals surface area contributed by atoms with Crippen LogP contribution in [0.25, 0.3) is 20.9 Å². The largest absolute Gasteiger partial charge is 0.494 e. The minimum absolute atomic E-state index is 0.642. The van der Waals surface area contributed by atoms with Gasteiger partial charge in [-0.05, 0) is 184 Å². The van der Waals surface area contributed by atoms with Gasteiger partial charge in [0.05, 0.1) is 37.3 Å². The van der Waals surface area contributed by atoms with E-state index in [1.807, 2.05) is 22.7 Å². The number of unbranched alkanes of at least 4 members (excludes halogenated alkanes) is 12. The zero-order chi connectivity index (χ0) is 56.9. The number of para-hydroxylation sites is 2. The molecule has 2 aliphatic rings. The van der Waals surface area contributed by atoms with Crippen LogP contribution in [0.5, 0.6) is 23.0 Å². The third kappa shape index (κ3) is 11.9. The van der Waals surface area contributed by atoms with Gasteiger partial charge in [-0.2, -0.15) is 0 Å². The Bertz CT molecular complexity index is 3300. The molecule has 2 aliphatic carbocycles. The first kappa shape index (κ1) is 57.7. The summed E-state index contributed by atoms with van der Waals surface area (Å²) in [4.78, 5) is 5.01. The molecule has 7 heteroatoms. The number of benzene rings is 7. The summed E-state index contributed by atoms with van der Waals surface area (Å²) in [5.41, 5.74) is 13.4. The van der Waals surface area contributed by atoms with Crippen molar-refractivity contribution < 1.29 is 18.9 Å².